The number of rotatable bonds is 1. The van der Waals surface area contributed by atoms with E-state index in [0.29, 0.717) is 6.04 Å². The number of hydrogen-bond donors (Lipinski definition) is 1. The molecule has 3 heteroatoms. The summed E-state index contributed by atoms with van der Waals surface area (Å²) in [4.78, 5) is 0. The SMILES string of the molecule is Cc1cc(F)ccc1[C@@H]1CCCCN1.Cl. The van der Waals surface area contributed by atoms with Crippen molar-refractivity contribution in [2.24, 2.45) is 0 Å². The van der Waals surface area contributed by atoms with Gasteiger partial charge in [-0.2, -0.15) is 0 Å². The number of hydrogen-bond acceptors (Lipinski definition) is 1. The van der Waals surface area contributed by atoms with E-state index >= 15 is 0 Å². The lowest BCUT2D eigenvalue weighted by Gasteiger charge is -2.25. The van der Waals surface area contributed by atoms with E-state index < -0.39 is 0 Å². The highest BCUT2D eigenvalue weighted by Crippen LogP contribution is 2.25. The average Bonchev–Trinajstić information content (AvgIpc) is 2.19. The topological polar surface area (TPSA) is 12.0 Å². The van der Waals surface area contributed by atoms with Crippen LogP contribution in [-0.2, 0) is 0 Å². The fraction of sp³-hybridized carbons (Fsp3) is 0.500. The summed E-state index contributed by atoms with van der Waals surface area (Å²) < 4.78 is 12.9. The van der Waals surface area contributed by atoms with Crippen molar-refractivity contribution in [2.45, 2.75) is 32.2 Å². The van der Waals surface area contributed by atoms with Crippen molar-refractivity contribution in [2.75, 3.05) is 6.54 Å². The highest BCUT2D eigenvalue weighted by atomic mass is 35.5. The van der Waals surface area contributed by atoms with Crippen molar-refractivity contribution in [1.82, 2.24) is 5.32 Å². The molecule has 1 atom stereocenters. The van der Waals surface area contributed by atoms with Gasteiger partial charge in [0.15, 0.2) is 0 Å². The summed E-state index contributed by atoms with van der Waals surface area (Å²) in [5, 5.41) is 3.47. The molecule has 1 aliphatic rings. The van der Waals surface area contributed by atoms with E-state index in [1.54, 1.807) is 12.1 Å². The molecular formula is C12H17ClFN. The van der Waals surface area contributed by atoms with Gasteiger partial charge < -0.3 is 5.32 Å². The van der Waals surface area contributed by atoms with Gasteiger partial charge in [-0.1, -0.05) is 12.5 Å². The monoisotopic (exact) mass is 229 g/mol. The average molecular weight is 230 g/mol. The molecule has 0 saturated carbocycles. The maximum Gasteiger partial charge on any atom is 0.123 e. The quantitative estimate of drug-likeness (QED) is 0.779. The lowest BCUT2D eigenvalue weighted by molar-refractivity contribution is 0.410. The first-order valence-electron chi connectivity index (χ1n) is 5.27. The molecule has 1 aliphatic heterocycles. The zero-order chi connectivity index (χ0) is 9.97. The van der Waals surface area contributed by atoms with Crippen LogP contribution in [0.5, 0.6) is 0 Å². The molecule has 0 unspecified atom stereocenters. The molecule has 1 nitrogen and oxygen atoms in total. The largest absolute Gasteiger partial charge is 0.310 e. The maximum absolute atomic E-state index is 12.9. The third kappa shape index (κ3) is 2.93. The van der Waals surface area contributed by atoms with Crippen molar-refractivity contribution in [3.63, 3.8) is 0 Å². The predicted octanol–water partition coefficient (Wildman–Crippen LogP) is 3.37. The Labute approximate surface area is 96.5 Å². The van der Waals surface area contributed by atoms with Crippen LogP contribution < -0.4 is 5.32 Å². The molecule has 0 bridgehead atoms. The maximum atomic E-state index is 12.9. The Kier molecular flexibility index (Phi) is 4.55. The number of nitrogens with one attached hydrogen (secondary N) is 1. The zero-order valence-electron chi connectivity index (χ0n) is 8.92. The van der Waals surface area contributed by atoms with Gasteiger partial charge >= 0.3 is 0 Å². The van der Waals surface area contributed by atoms with E-state index in [-0.39, 0.29) is 18.2 Å². The molecular weight excluding hydrogens is 213 g/mol. The molecule has 0 radical (unpaired) electrons. The normalized spacial score (nSPS) is 20.8. The minimum Gasteiger partial charge on any atom is -0.310 e. The van der Waals surface area contributed by atoms with Crippen LogP contribution in [-0.4, -0.2) is 6.54 Å². The Morgan fingerprint density at radius 2 is 2.13 bits per heavy atom. The van der Waals surface area contributed by atoms with E-state index in [2.05, 4.69) is 5.32 Å². The van der Waals surface area contributed by atoms with Gasteiger partial charge in [-0.3, -0.25) is 0 Å². The first-order valence-corrected chi connectivity index (χ1v) is 5.27. The van der Waals surface area contributed by atoms with Gasteiger partial charge in [-0.25, -0.2) is 4.39 Å². The summed E-state index contributed by atoms with van der Waals surface area (Å²) in [6.45, 7) is 3.07. The summed E-state index contributed by atoms with van der Waals surface area (Å²) >= 11 is 0. The van der Waals surface area contributed by atoms with Crippen LogP contribution in [0.3, 0.4) is 0 Å². The molecule has 1 aromatic carbocycles. The smallest absolute Gasteiger partial charge is 0.123 e. The second kappa shape index (κ2) is 5.47. The summed E-state index contributed by atoms with van der Waals surface area (Å²) in [6.07, 6.45) is 3.71. The Bertz CT molecular complexity index is 321. The van der Waals surface area contributed by atoms with Gasteiger partial charge in [0.25, 0.3) is 0 Å². The van der Waals surface area contributed by atoms with Crippen molar-refractivity contribution >= 4 is 12.4 Å². The van der Waals surface area contributed by atoms with Crippen molar-refractivity contribution in [1.29, 1.82) is 0 Å². The third-order valence-corrected chi connectivity index (χ3v) is 2.92. The standard InChI is InChI=1S/C12H16FN.ClH/c1-9-8-10(13)5-6-11(9)12-4-2-3-7-14-12;/h5-6,8,12,14H,2-4,7H2,1H3;1H/t12-;/m0./s1. The molecule has 0 amide bonds. The van der Waals surface area contributed by atoms with Crippen LogP contribution >= 0.6 is 12.4 Å². The van der Waals surface area contributed by atoms with E-state index in [0.717, 1.165) is 12.1 Å². The van der Waals surface area contributed by atoms with E-state index in [4.69, 9.17) is 0 Å². The van der Waals surface area contributed by atoms with E-state index in [9.17, 15) is 4.39 Å². The first-order chi connectivity index (χ1) is 6.77. The number of halogens is 2. The Morgan fingerprint density at radius 1 is 1.33 bits per heavy atom. The lowest BCUT2D eigenvalue weighted by Crippen LogP contribution is -2.27. The summed E-state index contributed by atoms with van der Waals surface area (Å²) in [7, 11) is 0. The zero-order valence-corrected chi connectivity index (χ0v) is 9.74. The van der Waals surface area contributed by atoms with Gasteiger partial charge in [-0.15, -0.1) is 12.4 Å². The van der Waals surface area contributed by atoms with Crippen molar-refractivity contribution < 1.29 is 4.39 Å². The van der Waals surface area contributed by atoms with Crippen LogP contribution in [0.2, 0.25) is 0 Å². The van der Waals surface area contributed by atoms with Crippen LogP contribution in [0.25, 0.3) is 0 Å². The highest BCUT2D eigenvalue weighted by Gasteiger charge is 2.16. The second-order valence-corrected chi connectivity index (χ2v) is 4.00. The molecule has 1 aromatic rings. The minimum absolute atomic E-state index is 0. The molecule has 0 aliphatic carbocycles. The Hall–Kier alpha value is -0.600. The molecule has 2 rings (SSSR count). The fourth-order valence-corrected chi connectivity index (χ4v) is 2.15. The van der Waals surface area contributed by atoms with Crippen LogP contribution in [0, 0.1) is 12.7 Å². The van der Waals surface area contributed by atoms with Crippen LogP contribution in [0.15, 0.2) is 18.2 Å². The highest BCUT2D eigenvalue weighted by molar-refractivity contribution is 5.85. The lowest BCUT2D eigenvalue weighted by atomic mass is 9.94. The second-order valence-electron chi connectivity index (χ2n) is 4.00. The van der Waals surface area contributed by atoms with Crippen LogP contribution in [0.4, 0.5) is 4.39 Å². The summed E-state index contributed by atoms with van der Waals surface area (Å²) in [5.41, 5.74) is 2.32. The van der Waals surface area contributed by atoms with Crippen molar-refractivity contribution in [3.05, 3.63) is 35.1 Å². The minimum atomic E-state index is -0.137. The van der Waals surface area contributed by atoms with Gasteiger partial charge in [-0.05, 0) is 49.6 Å². The summed E-state index contributed by atoms with van der Waals surface area (Å²) in [5.74, 6) is -0.137. The van der Waals surface area contributed by atoms with Crippen LogP contribution in [0.1, 0.15) is 36.4 Å². The number of piperidine rings is 1. The third-order valence-electron chi connectivity index (χ3n) is 2.92. The van der Waals surface area contributed by atoms with Gasteiger partial charge in [0.1, 0.15) is 5.82 Å². The summed E-state index contributed by atoms with van der Waals surface area (Å²) in [6, 6.07) is 5.52. The molecule has 84 valence electrons. The molecule has 1 saturated heterocycles. The van der Waals surface area contributed by atoms with Gasteiger partial charge in [0.2, 0.25) is 0 Å². The fourth-order valence-electron chi connectivity index (χ4n) is 2.15. The molecule has 1 heterocycles. The molecule has 1 fully saturated rings. The van der Waals surface area contributed by atoms with Gasteiger partial charge in [0, 0.05) is 6.04 Å². The molecule has 0 spiro atoms. The number of benzene rings is 1. The van der Waals surface area contributed by atoms with Crippen molar-refractivity contribution in [3.8, 4) is 0 Å². The molecule has 0 aromatic heterocycles. The Morgan fingerprint density at radius 3 is 2.73 bits per heavy atom. The predicted molar refractivity (Wildman–Crippen MR) is 63.0 cm³/mol. The molecule has 15 heavy (non-hydrogen) atoms. The Balaban J connectivity index is 0.00000112. The first kappa shape index (κ1) is 12.5. The van der Waals surface area contributed by atoms with Gasteiger partial charge in [0.05, 0.1) is 0 Å². The van der Waals surface area contributed by atoms with E-state index in [1.165, 1.54) is 24.8 Å². The number of aryl methyl sites for hydroxylation is 1. The molecule has 1 N–H and O–H groups in total. The van der Waals surface area contributed by atoms with E-state index in [1.807, 2.05) is 13.0 Å².